The van der Waals surface area contributed by atoms with Gasteiger partial charge in [-0.3, -0.25) is 4.79 Å². The van der Waals surface area contributed by atoms with Crippen LogP contribution in [0.4, 0.5) is 4.39 Å². The molecular weight excluding hydrogens is 337 g/mol. The first kappa shape index (κ1) is 16.9. The van der Waals surface area contributed by atoms with Crippen molar-refractivity contribution in [1.29, 1.82) is 0 Å². The molecule has 0 N–H and O–H groups in total. The maximum atomic E-state index is 13.8. The molecule has 1 aromatic carbocycles. The predicted molar refractivity (Wildman–Crippen MR) is 88.2 cm³/mol. The monoisotopic (exact) mass is 353 g/mol. The van der Waals surface area contributed by atoms with E-state index in [9.17, 15) is 14.0 Å². The molecule has 0 atom stereocenters. The predicted octanol–water partition coefficient (Wildman–Crippen LogP) is 3.32. The number of rotatable bonds is 6. The second-order valence-corrected chi connectivity index (χ2v) is 6.03. The third-order valence-electron chi connectivity index (χ3n) is 3.90. The molecule has 1 fully saturated rings. The van der Waals surface area contributed by atoms with Crippen molar-refractivity contribution in [3.05, 3.63) is 45.0 Å². The first-order valence-corrected chi connectivity index (χ1v) is 8.19. The fourth-order valence-electron chi connectivity index (χ4n) is 2.56. The number of nitrogens with zero attached hydrogens (tertiary/aromatic N) is 1. The number of halogens is 2. The standard InChI is InChI=1S/C17H17ClFNO4/c1-2-23-5-6-24-17(22)12-9-20(10-3-4-10)15-8-13(18)14(19)7-11(15)16(12)21/h7-10H,2-6H2,1H3. The van der Waals surface area contributed by atoms with Gasteiger partial charge >= 0.3 is 5.97 Å². The zero-order valence-corrected chi connectivity index (χ0v) is 13.9. The quantitative estimate of drug-likeness (QED) is 0.590. The highest BCUT2D eigenvalue weighted by Crippen LogP contribution is 2.37. The van der Waals surface area contributed by atoms with Gasteiger partial charge in [-0.25, -0.2) is 9.18 Å². The average molecular weight is 354 g/mol. The molecular formula is C17H17ClFNO4. The third-order valence-corrected chi connectivity index (χ3v) is 4.19. The van der Waals surface area contributed by atoms with Crippen LogP contribution in [0, 0.1) is 5.82 Å². The molecule has 0 bridgehead atoms. The summed E-state index contributed by atoms with van der Waals surface area (Å²) in [4.78, 5) is 24.8. The van der Waals surface area contributed by atoms with Crippen molar-refractivity contribution in [1.82, 2.24) is 4.57 Å². The van der Waals surface area contributed by atoms with E-state index in [2.05, 4.69) is 0 Å². The van der Waals surface area contributed by atoms with Crippen LogP contribution < -0.4 is 5.43 Å². The Balaban J connectivity index is 2.02. The fraction of sp³-hybridized carbons (Fsp3) is 0.412. The largest absolute Gasteiger partial charge is 0.459 e. The van der Waals surface area contributed by atoms with Crippen molar-refractivity contribution in [2.75, 3.05) is 19.8 Å². The summed E-state index contributed by atoms with van der Waals surface area (Å²) in [6.07, 6.45) is 3.36. The minimum Gasteiger partial charge on any atom is -0.459 e. The molecule has 0 amide bonds. The SMILES string of the molecule is CCOCCOC(=O)c1cn(C2CC2)c2cc(Cl)c(F)cc2c1=O. The van der Waals surface area contributed by atoms with E-state index in [0.29, 0.717) is 12.1 Å². The minimum absolute atomic E-state index is 0.0525. The highest BCUT2D eigenvalue weighted by atomic mass is 35.5. The number of carbonyl (C=O) groups is 1. The molecule has 3 rings (SSSR count). The molecule has 2 aromatic rings. The molecule has 0 saturated heterocycles. The lowest BCUT2D eigenvalue weighted by atomic mass is 10.1. The summed E-state index contributed by atoms with van der Waals surface area (Å²) in [5.74, 6) is -1.42. The van der Waals surface area contributed by atoms with Gasteiger partial charge in [0.1, 0.15) is 18.0 Å². The summed E-state index contributed by atoms with van der Waals surface area (Å²) in [7, 11) is 0. The Labute approximate surface area is 142 Å². The molecule has 1 aliphatic carbocycles. The second kappa shape index (κ2) is 6.91. The molecule has 128 valence electrons. The van der Waals surface area contributed by atoms with Gasteiger partial charge in [0, 0.05) is 24.2 Å². The lowest BCUT2D eigenvalue weighted by Crippen LogP contribution is -2.22. The van der Waals surface area contributed by atoms with E-state index in [0.717, 1.165) is 18.9 Å². The molecule has 1 aliphatic rings. The first-order chi connectivity index (χ1) is 11.5. The van der Waals surface area contributed by atoms with E-state index in [4.69, 9.17) is 21.1 Å². The molecule has 5 nitrogen and oxygen atoms in total. The number of fused-ring (bicyclic) bond motifs is 1. The van der Waals surface area contributed by atoms with Crippen molar-refractivity contribution >= 4 is 28.5 Å². The van der Waals surface area contributed by atoms with Crippen LogP contribution in [0.2, 0.25) is 5.02 Å². The van der Waals surface area contributed by atoms with Crippen LogP contribution in [-0.4, -0.2) is 30.4 Å². The molecule has 1 saturated carbocycles. The van der Waals surface area contributed by atoms with Gasteiger partial charge in [0.05, 0.1) is 17.1 Å². The van der Waals surface area contributed by atoms with Crippen molar-refractivity contribution in [2.24, 2.45) is 0 Å². The Hall–Kier alpha value is -1.92. The minimum atomic E-state index is -0.730. The van der Waals surface area contributed by atoms with Gasteiger partial charge in [0.15, 0.2) is 0 Å². The third kappa shape index (κ3) is 3.30. The topological polar surface area (TPSA) is 57.5 Å². The zero-order valence-electron chi connectivity index (χ0n) is 13.2. The normalized spacial score (nSPS) is 14.1. The Morgan fingerprint density at radius 3 is 2.79 bits per heavy atom. The summed E-state index contributed by atoms with van der Waals surface area (Å²) >= 11 is 5.84. The van der Waals surface area contributed by atoms with Crippen LogP contribution in [0.1, 0.15) is 36.2 Å². The average Bonchev–Trinajstić information content (AvgIpc) is 3.38. The van der Waals surface area contributed by atoms with Gasteiger partial charge in [-0.2, -0.15) is 0 Å². The van der Waals surface area contributed by atoms with E-state index < -0.39 is 17.2 Å². The van der Waals surface area contributed by atoms with Gasteiger partial charge in [-0.1, -0.05) is 11.6 Å². The first-order valence-electron chi connectivity index (χ1n) is 7.81. The van der Waals surface area contributed by atoms with E-state index in [1.807, 2.05) is 6.92 Å². The fourth-order valence-corrected chi connectivity index (χ4v) is 2.72. The van der Waals surface area contributed by atoms with Crippen molar-refractivity contribution < 1.29 is 18.7 Å². The number of hydrogen-bond donors (Lipinski definition) is 0. The summed E-state index contributed by atoms with van der Waals surface area (Å²) in [6.45, 7) is 2.67. The number of ether oxygens (including phenoxy) is 2. The van der Waals surface area contributed by atoms with Crippen LogP contribution in [0.15, 0.2) is 23.1 Å². The molecule has 0 spiro atoms. The smallest absolute Gasteiger partial charge is 0.343 e. The second-order valence-electron chi connectivity index (χ2n) is 5.63. The molecule has 0 unspecified atom stereocenters. The van der Waals surface area contributed by atoms with Crippen LogP contribution in [0.25, 0.3) is 10.9 Å². The van der Waals surface area contributed by atoms with Crippen molar-refractivity contribution in [2.45, 2.75) is 25.8 Å². The van der Waals surface area contributed by atoms with Gasteiger partial charge < -0.3 is 14.0 Å². The Morgan fingerprint density at radius 2 is 2.12 bits per heavy atom. The summed E-state index contributed by atoms with van der Waals surface area (Å²) in [5, 5.41) is 0.0754. The maximum Gasteiger partial charge on any atom is 0.343 e. The Kier molecular flexibility index (Phi) is 4.87. The number of hydrogen-bond acceptors (Lipinski definition) is 4. The van der Waals surface area contributed by atoms with Gasteiger partial charge in [0.2, 0.25) is 5.43 Å². The molecule has 0 aliphatic heterocycles. The molecule has 24 heavy (non-hydrogen) atoms. The van der Waals surface area contributed by atoms with Gasteiger partial charge in [0.25, 0.3) is 0 Å². The summed E-state index contributed by atoms with van der Waals surface area (Å²) in [5.41, 5.74) is -0.133. The molecule has 0 radical (unpaired) electrons. The molecule has 1 aromatic heterocycles. The van der Waals surface area contributed by atoms with Crippen molar-refractivity contribution in [3.8, 4) is 0 Å². The molecule has 1 heterocycles. The van der Waals surface area contributed by atoms with Crippen LogP contribution in [-0.2, 0) is 9.47 Å². The number of aromatic nitrogens is 1. The molecule has 7 heteroatoms. The highest BCUT2D eigenvalue weighted by molar-refractivity contribution is 6.31. The van der Waals surface area contributed by atoms with Crippen LogP contribution in [0.5, 0.6) is 0 Å². The van der Waals surface area contributed by atoms with Crippen LogP contribution in [0.3, 0.4) is 0 Å². The van der Waals surface area contributed by atoms with Crippen molar-refractivity contribution in [3.63, 3.8) is 0 Å². The Morgan fingerprint density at radius 1 is 1.38 bits per heavy atom. The Bertz CT molecular complexity index is 845. The van der Waals surface area contributed by atoms with E-state index in [1.54, 1.807) is 4.57 Å². The van der Waals surface area contributed by atoms with Gasteiger partial charge in [-0.05, 0) is 31.9 Å². The zero-order chi connectivity index (χ0) is 17.3. The van der Waals surface area contributed by atoms with E-state index in [1.165, 1.54) is 12.3 Å². The van der Waals surface area contributed by atoms with Gasteiger partial charge in [-0.15, -0.1) is 0 Å². The summed E-state index contributed by atoms with van der Waals surface area (Å²) in [6, 6.07) is 2.69. The highest BCUT2D eigenvalue weighted by Gasteiger charge is 2.27. The number of benzene rings is 1. The number of pyridine rings is 1. The van der Waals surface area contributed by atoms with E-state index in [-0.39, 0.29) is 35.2 Å². The maximum absolute atomic E-state index is 13.8. The number of carbonyl (C=O) groups excluding carboxylic acids is 1. The van der Waals surface area contributed by atoms with E-state index >= 15 is 0 Å². The summed E-state index contributed by atoms with van der Waals surface area (Å²) < 4.78 is 25.8. The number of esters is 1. The lowest BCUT2D eigenvalue weighted by Gasteiger charge is -2.13. The lowest BCUT2D eigenvalue weighted by molar-refractivity contribution is 0.0333. The van der Waals surface area contributed by atoms with Crippen LogP contribution >= 0.6 is 11.6 Å².